The first-order valence-electron chi connectivity index (χ1n) is 8.54. The number of aryl methyl sites for hydroxylation is 2. The first-order valence-corrected chi connectivity index (χ1v) is 9.36. The molecular formula is C20H23N3OS. The van der Waals surface area contributed by atoms with E-state index in [1.165, 1.54) is 4.88 Å². The molecule has 0 unspecified atom stereocenters. The predicted octanol–water partition coefficient (Wildman–Crippen LogP) is 4.46. The summed E-state index contributed by atoms with van der Waals surface area (Å²) in [5, 5.41) is 0. The molecule has 1 amide bonds. The largest absolute Gasteiger partial charge is 0.335 e. The lowest BCUT2D eigenvalue weighted by Gasteiger charge is -2.20. The molecule has 0 N–H and O–H groups in total. The molecule has 0 aliphatic carbocycles. The van der Waals surface area contributed by atoms with E-state index in [0.29, 0.717) is 6.54 Å². The van der Waals surface area contributed by atoms with Gasteiger partial charge >= 0.3 is 0 Å². The Labute approximate surface area is 152 Å². The molecule has 0 atom stereocenters. The van der Waals surface area contributed by atoms with E-state index >= 15 is 0 Å². The molecule has 3 aromatic rings. The number of fused-ring (bicyclic) bond motifs is 1. The number of hydrogen-bond donors (Lipinski definition) is 0. The van der Waals surface area contributed by atoms with Crippen molar-refractivity contribution in [1.82, 2.24) is 14.3 Å². The number of rotatable bonds is 6. The second-order valence-electron chi connectivity index (χ2n) is 6.16. The Morgan fingerprint density at radius 1 is 1.28 bits per heavy atom. The van der Waals surface area contributed by atoms with E-state index in [4.69, 9.17) is 0 Å². The summed E-state index contributed by atoms with van der Waals surface area (Å²) in [5.41, 5.74) is 3.07. The predicted molar refractivity (Wildman–Crippen MR) is 104 cm³/mol. The summed E-state index contributed by atoms with van der Waals surface area (Å²) in [5.74, 6) is 0.0343. The third-order valence-corrected chi connectivity index (χ3v) is 4.97. The summed E-state index contributed by atoms with van der Waals surface area (Å²) in [6, 6.07) is 10.1. The van der Waals surface area contributed by atoms with Crippen LogP contribution in [0.1, 0.15) is 35.2 Å². The van der Waals surface area contributed by atoms with Crippen LogP contribution in [0.5, 0.6) is 0 Å². The zero-order valence-electron chi connectivity index (χ0n) is 14.9. The molecule has 0 spiro atoms. The lowest BCUT2D eigenvalue weighted by molar-refractivity contribution is -0.126. The van der Waals surface area contributed by atoms with Crippen LogP contribution in [-0.2, 0) is 11.3 Å². The van der Waals surface area contributed by atoms with E-state index in [0.717, 1.165) is 34.9 Å². The van der Waals surface area contributed by atoms with Crippen molar-refractivity contribution in [2.24, 2.45) is 0 Å². The highest BCUT2D eigenvalue weighted by Gasteiger charge is 2.12. The number of hydrogen-bond acceptors (Lipinski definition) is 3. The van der Waals surface area contributed by atoms with Gasteiger partial charge in [-0.1, -0.05) is 37.3 Å². The zero-order chi connectivity index (χ0) is 17.8. The second-order valence-corrected chi connectivity index (χ2v) is 7.37. The summed E-state index contributed by atoms with van der Waals surface area (Å²) in [6.45, 7) is 7.52. The quantitative estimate of drug-likeness (QED) is 0.613. The first-order chi connectivity index (χ1) is 12.1. The van der Waals surface area contributed by atoms with Crippen molar-refractivity contribution in [3.63, 3.8) is 0 Å². The lowest BCUT2D eigenvalue weighted by atomic mass is 10.2. The highest BCUT2D eigenvalue weighted by atomic mass is 32.1. The Balaban J connectivity index is 1.80. The molecule has 2 aromatic heterocycles. The van der Waals surface area contributed by atoms with Crippen LogP contribution < -0.4 is 0 Å². The molecule has 2 heterocycles. The highest BCUT2D eigenvalue weighted by molar-refractivity contribution is 7.17. The van der Waals surface area contributed by atoms with Crippen LogP contribution in [0.3, 0.4) is 0 Å². The molecule has 0 saturated carbocycles. The van der Waals surface area contributed by atoms with Gasteiger partial charge in [0.15, 0.2) is 4.96 Å². The van der Waals surface area contributed by atoms with Gasteiger partial charge in [-0.15, -0.1) is 11.3 Å². The number of aromatic nitrogens is 2. The van der Waals surface area contributed by atoms with E-state index in [9.17, 15) is 4.79 Å². The molecule has 0 radical (unpaired) electrons. The first kappa shape index (κ1) is 17.4. The summed E-state index contributed by atoms with van der Waals surface area (Å²) < 4.78 is 2.06. The number of nitrogens with zero attached hydrogens (tertiary/aromatic N) is 3. The van der Waals surface area contributed by atoms with Crippen LogP contribution in [0, 0.1) is 13.8 Å². The fourth-order valence-electron chi connectivity index (χ4n) is 2.88. The Morgan fingerprint density at radius 3 is 2.76 bits per heavy atom. The minimum Gasteiger partial charge on any atom is -0.335 e. The van der Waals surface area contributed by atoms with Crippen molar-refractivity contribution >= 4 is 28.3 Å². The third-order valence-electron chi connectivity index (χ3n) is 4.07. The van der Waals surface area contributed by atoms with E-state index in [1.54, 1.807) is 17.4 Å². The minimum atomic E-state index is 0.0343. The smallest absolute Gasteiger partial charge is 0.246 e. The molecule has 25 heavy (non-hydrogen) atoms. The van der Waals surface area contributed by atoms with Gasteiger partial charge in [-0.05, 0) is 31.9 Å². The average molecular weight is 353 g/mol. The fourth-order valence-corrected chi connectivity index (χ4v) is 3.76. The van der Waals surface area contributed by atoms with Gasteiger partial charge in [0.25, 0.3) is 0 Å². The minimum absolute atomic E-state index is 0.0343. The maximum absolute atomic E-state index is 12.7. The molecule has 0 bridgehead atoms. The summed E-state index contributed by atoms with van der Waals surface area (Å²) in [6.07, 6.45) is 6.56. The van der Waals surface area contributed by atoms with Crippen molar-refractivity contribution < 1.29 is 4.79 Å². The molecule has 5 heteroatoms. The zero-order valence-corrected chi connectivity index (χ0v) is 15.7. The van der Waals surface area contributed by atoms with Gasteiger partial charge in [0.1, 0.15) is 0 Å². The lowest BCUT2D eigenvalue weighted by Crippen LogP contribution is -2.29. The number of amides is 1. The van der Waals surface area contributed by atoms with E-state index < -0.39 is 0 Å². The van der Waals surface area contributed by atoms with Crippen LogP contribution in [0.4, 0.5) is 0 Å². The Hall–Kier alpha value is -2.40. The van der Waals surface area contributed by atoms with Crippen LogP contribution in [-0.4, -0.2) is 26.7 Å². The summed E-state index contributed by atoms with van der Waals surface area (Å²) in [4.78, 5) is 21.3. The molecule has 4 nitrogen and oxygen atoms in total. The summed E-state index contributed by atoms with van der Waals surface area (Å²) >= 11 is 1.66. The van der Waals surface area contributed by atoms with Gasteiger partial charge in [0.2, 0.25) is 5.91 Å². The van der Waals surface area contributed by atoms with E-state index in [-0.39, 0.29) is 5.91 Å². The molecule has 0 aliphatic heterocycles. The number of carbonyl (C=O) groups excluding carboxylic acids is 1. The van der Waals surface area contributed by atoms with Crippen LogP contribution in [0.15, 0.2) is 42.6 Å². The molecule has 130 valence electrons. The van der Waals surface area contributed by atoms with Crippen molar-refractivity contribution in [3.05, 3.63) is 64.4 Å². The molecule has 0 saturated heterocycles. The van der Waals surface area contributed by atoms with E-state index in [2.05, 4.69) is 41.6 Å². The Kier molecular flexibility index (Phi) is 5.34. The second kappa shape index (κ2) is 7.66. The Bertz CT molecular complexity index is 892. The van der Waals surface area contributed by atoms with Crippen LogP contribution in [0.25, 0.3) is 11.0 Å². The van der Waals surface area contributed by atoms with Crippen LogP contribution >= 0.6 is 11.3 Å². The van der Waals surface area contributed by atoms with Crippen molar-refractivity contribution in [1.29, 1.82) is 0 Å². The maximum Gasteiger partial charge on any atom is 0.246 e. The number of carbonyl (C=O) groups is 1. The molecule has 3 rings (SSSR count). The van der Waals surface area contributed by atoms with Crippen molar-refractivity contribution in [2.45, 2.75) is 33.7 Å². The van der Waals surface area contributed by atoms with Crippen LogP contribution in [0.2, 0.25) is 0 Å². The van der Waals surface area contributed by atoms with Gasteiger partial charge in [-0.2, -0.15) is 0 Å². The van der Waals surface area contributed by atoms with Gasteiger partial charge in [-0.3, -0.25) is 9.20 Å². The monoisotopic (exact) mass is 353 g/mol. The SMILES string of the molecule is CCCN(Cc1ccccc1)C(=O)/C=C/c1c(C)nc2sc(C)cn12. The number of thiazole rings is 1. The molecule has 0 aliphatic rings. The standard InChI is InChI=1S/C20H23N3OS/c1-4-12-22(14-17-8-6-5-7-9-17)19(24)11-10-18-16(3)21-20-23(18)13-15(2)25-20/h5-11,13H,4,12,14H2,1-3H3/b11-10+. The average Bonchev–Trinajstić information content (AvgIpc) is 3.08. The molecular weight excluding hydrogens is 330 g/mol. The topological polar surface area (TPSA) is 37.6 Å². The van der Waals surface area contributed by atoms with Gasteiger partial charge in [0.05, 0.1) is 11.4 Å². The number of imidazole rings is 1. The van der Waals surface area contributed by atoms with Gasteiger partial charge in [-0.25, -0.2) is 4.98 Å². The Morgan fingerprint density at radius 2 is 2.04 bits per heavy atom. The fraction of sp³-hybridized carbons (Fsp3) is 0.300. The van der Waals surface area contributed by atoms with Crippen molar-refractivity contribution in [3.8, 4) is 0 Å². The maximum atomic E-state index is 12.7. The summed E-state index contributed by atoms with van der Waals surface area (Å²) in [7, 11) is 0. The molecule has 0 fully saturated rings. The normalized spacial score (nSPS) is 11.5. The number of benzene rings is 1. The highest BCUT2D eigenvalue weighted by Crippen LogP contribution is 2.21. The molecule has 1 aromatic carbocycles. The van der Waals surface area contributed by atoms with E-state index in [1.807, 2.05) is 36.1 Å². The van der Waals surface area contributed by atoms with Crippen molar-refractivity contribution in [2.75, 3.05) is 6.54 Å². The third kappa shape index (κ3) is 3.99. The van der Waals surface area contributed by atoms with Gasteiger partial charge < -0.3 is 4.90 Å². The van der Waals surface area contributed by atoms with Gasteiger partial charge in [0, 0.05) is 30.2 Å².